The molecule has 0 aromatic heterocycles. The van der Waals surface area contributed by atoms with Gasteiger partial charge in [0.2, 0.25) is 0 Å². The quantitative estimate of drug-likeness (QED) is 0.306. The van der Waals surface area contributed by atoms with Crippen molar-refractivity contribution in [3.05, 3.63) is 0 Å². The van der Waals surface area contributed by atoms with Crippen molar-refractivity contribution in [2.45, 2.75) is 11.6 Å². The van der Waals surface area contributed by atoms with E-state index in [1.165, 1.54) is 11.8 Å². The molecule has 6 N–H and O–H groups in total. The maximum Gasteiger partial charge on any atom is 0.328 e. The van der Waals surface area contributed by atoms with Gasteiger partial charge in [0.25, 0.3) is 0 Å². The fourth-order valence-electron chi connectivity index (χ4n) is 1.43. The Kier molecular flexibility index (Phi) is 6.88. The minimum atomic E-state index is -1.87. The molecule has 1 unspecified atom stereocenters. The van der Waals surface area contributed by atoms with Crippen LogP contribution in [0.2, 0.25) is 0 Å². The molecule has 0 fully saturated rings. The molecule has 0 aliphatic rings. The van der Waals surface area contributed by atoms with Crippen molar-refractivity contribution in [3.8, 4) is 0 Å². The average Bonchev–Trinajstić information content (AvgIpc) is 2.25. The molecule has 0 aliphatic heterocycles. The van der Waals surface area contributed by atoms with Gasteiger partial charge in [-0.2, -0.15) is 11.8 Å². The summed E-state index contributed by atoms with van der Waals surface area (Å²) >= 11 is 1.32. The molecule has 0 radical (unpaired) electrons. The molecular formula is C8H18N2O5S. The predicted molar refractivity (Wildman–Crippen MR) is 59.8 cm³/mol. The van der Waals surface area contributed by atoms with Gasteiger partial charge in [0, 0.05) is 11.8 Å². The number of hydrogen-bond donors (Lipinski definition) is 5. The van der Waals surface area contributed by atoms with Crippen LogP contribution in [0.3, 0.4) is 0 Å². The second-order valence-corrected chi connectivity index (χ2v) is 4.18. The molecule has 0 saturated carbocycles. The highest BCUT2D eigenvalue weighted by Gasteiger charge is 2.48. The van der Waals surface area contributed by atoms with Gasteiger partial charge in [0.15, 0.2) is 5.54 Å². The standard InChI is InChI=1S/C8H18N2O5S/c1-16-2-6(9)8(3-11,7(14)15)10(4-12)5-13/h6,11-13H,2-5,9H2,1H3,(H,14,15)/t6?,8-/m0/s1. The van der Waals surface area contributed by atoms with E-state index >= 15 is 0 Å². The van der Waals surface area contributed by atoms with E-state index in [2.05, 4.69) is 0 Å². The molecule has 0 amide bonds. The first-order valence-corrected chi connectivity index (χ1v) is 5.96. The second kappa shape index (κ2) is 7.05. The maximum absolute atomic E-state index is 11.2. The van der Waals surface area contributed by atoms with Crippen LogP contribution in [0.1, 0.15) is 0 Å². The molecule has 0 rings (SSSR count). The molecule has 0 aromatic carbocycles. The molecule has 0 spiro atoms. The lowest BCUT2D eigenvalue weighted by atomic mass is 9.91. The number of aliphatic hydroxyl groups is 3. The lowest BCUT2D eigenvalue weighted by Crippen LogP contribution is -2.68. The van der Waals surface area contributed by atoms with Gasteiger partial charge in [0.1, 0.15) is 0 Å². The SMILES string of the molecule is CSCC(N)[C@@](CO)(C(=O)O)N(CO)CO. The van der Waals surface area contributed by atoms with Crippen molar-refractivity contribution in [2.75, 3.05) is 32.1 Å². The smallest absolute Gasteiger partial charge is 0.328 e. The van der Waals surface area contributed by atoms with Gasteiger partial charge in [0.05, 0.1) is 20.1 Å². The summed E-state index contributed by atoms with van der Waals surface area (Å²) in [6.07, 6.45) is 1.74. The number of thioether (sulfide) groups is 1. The van der Waals surface area contributed by atoms with E-state index in [9.17, 15) is 9.90 Å². The zero-order valence-electron chi connectivity index (χ0n) is 9.04. The van der Waals surface area contributed by atoms with Crippen LogP contribution in [0.5, 0.6) is 0 Å². The third kappa shape index (κ3) is 2.84. The Labute approximate surface area is 97.9 Å². The first kappa shape index (κ1) is 15.6. The minimum Gasteiger partial charge on any atom is -0.480 e. The van der Waals surface area contributed by atoms with Crippen molar-refractivity contribution < 1.29 is 25.2 Å². The Morgan fingerprint density at radius 2 is 1.94 bits per heavy atom. The fraction of sp³-hybridized carbons (Fsp3) is 0.875. The Morgan fingerprint density at radius 3 is 2.19 bits per heavy atom. The first-order chi connectivity index (χ1) is 7.50. The van der Waals surface area contributed by atoms with Crippen molar-refractivity contribution in [1.82, 2.24) is 4.90 Å². The van der Waals surface area contributed by atoms with Crippen molar-refractivity contribution in [2.24, 2.45) is 5.73 Å². The number of carboxylic acids is 1. The van der Waals surface area contributed by atoms with Crippen LogP contribution >= 0.6 is 11.8 Å². The zero-order chi connectivity index (χ0) is 12.8. The summed E-state index contributed by atoms with van der Waals surface area (Å²) in [5.74, 6) is -1.09. The van der Waals surface area contributed by atoms with Crippen molar-refractivity contribution in [1.29, 1.82) is 0 Å². The summed E-state index contributed by atoms with van der Waals surface area (Å²) in [6, 6.07) is -0.913. The third-order valence-electron chi connectivity index (χ3n) is 2.48. The number of rotatable bonds is 8. The average molecular weight is 254 g/mol. The zero-order valence-corrected chi connectivity index (χ0v) is 9.85. The number of aliphatic carboxylic acids is 1. The van der Waals surface area contributed by atoms with E-state index in [1.807, 2.05) is 0 Å². The monoisotopic (exact) mass is 254 g/mol. The lowest BCUT2D eigenvalue weighted by Gasteiger charge is -2.40. The van der Waals surface area contributed by atoms with E-state index in [-0.39, 0.29) is 5.75 Å². The van der Waals surface area contributed by atoms with Crippen LogP contribution in [0.15, 0.2) is 0 Å². The minimum absolute atomic E-state index is 0.281. The van der Waals surface area contributed by atoms with Gasteiger partial charge >= 0.3 is 5.97 Å². The molecule has 0 heterocycles. The molecule has 0 aromatic rings. The van der Waals surface area contributed by atoms with Crippen LogP contribution in [0, 0.1) is 0 Å². The van der Waals surface area contributed by atoms with Gasteiger partial charge in [-0.1, -0.05) is 0 Å². The number of carbonyl (C=O) groups is 1. The largest absolute Gasteiger partial charge is 0.480 e. The fourth-order valence-corrected chi connectivity index (χ4v) is 2.06. The second-order valence-electron chi connectivity index (χ2n) is 3.27. The molecule has 0 bridgehead atoms. The van der Waals surface area contributed by atoms with Gasteiger partial charge in [-0.25, -0.2) is 4.90 Å². The summed E-state index contributed by atoms with van der Waals surface area (Å²) < 4.78 is 0. The topological polar surface area (TPSA) is 127 Å². The lowest BCUT2D eigenvalue weighted by molar-refractivity contribution is -0.166. The molecule has 0 saturated heterocycles. The Hall–Kier alpha value is -0.380. The van der Waals surface area contributed by atoms with E-state index in [0.29, 0.717) is 0 Å². The molecule has 16 heavy (non-hydrogen) atoms. The predicted octanol–water partition coefficient (Wildman–Crippen LogP) is -2.31. The maximum atomic E-state index is 11.2. The van der Waals surface area contributed by atoms with E-state index < -0.39 is 37.6 Å². The van der Waals surface area contributed by atoms with Crippen LogP contribution in [-0.4, -0.2) is 75.0 Å². The Morgan fingerprint density at radius 1 is 1.44 bits per heavy atom. The van der Waals surface area contributed by atoms with Crippen LogP contribution in [0.4, 0.5) is 0 Å². The van der Waals surface area contributed by atoms with Crippen molar-refractivity contribution in [3.63, 3.8) is 0 Å². The van der Waals surface area contributed by atoms with Gasteiger partial charge in [-0.15, -0.1) is 0 Å². The number of hydrogen-bond acceptors (Lipinski definition) is 7. The van der Waals surface area contributed by atoms with E-state index in [4.69, 9.17) is 21.1 Å². The van der Waals surface area contributed by atoms with Gasteiger partial charge in [-0.3, -0.25) is 4.79 Å². The molecule has 7 nitrogen and oxygen atoms in total. The molecule has 2 atom stereocenters. The molecular weight excluding hydrogens is 236 g/mol. The van der Waals surface area contributed by atoms with Crippen LogP contribution in [0.25, 0.3) is 0 Å². The summed E-state index contributed by atoms with van der Waals surface area (Å²) in [6.45, 7) is -2.19. The van der Waals surface area contributed by atoms with Crippen LogP contribution < -0.4 is 5.73 Å². The summed E-state index contributed by atoms with van der Waals surface area (Å²) in [4.78, 5) is 12.0. The number of aliphatic hydroxyl groups excluding tert-OH is 3. The van der Waals surface area contributed by atoms with E-state index in [0.717, 1.165) is 4.90 Å². The molecule has 96 valence electrons. The van der Waals surface area contributed by atoms with E-state index in [1.54, 1.807) is 6.26 Å². The number of nitrogens with two attached hydrogens (primary N) is 1. The Bertz CT molecular complexity index is 226. The summed E-state index contributed by atoms with van der Waals surface area (Å²) in [7, 11) is 0. The Balaban J connectivity index is 5.20. The van der Waals surface area contributed by atoms with Crippen LogP contribution in [-0.2, 0) is 4.79 Å². The van der Waals surface area contributed by atoms with Gasteiger partial charge in [-0.05, 0) is 6.26 Å². The van der Waals surface area contributed by atoms with Gasteiger partial charge < -0.3 is 26.2 Å². The normalized spacial score (nSPS) is 17.1. The van der Waals surface area contributed by atoms with Crippen molar-refractivity contribution >= 4 is 17.7 Å². The molecule has 0 aliphatic carbocycles. The third-order valence-corrected chi connectivity index (χ3v) is 3.17. The number of nitrogens with zero attached hydrogens (tertiary/aromatic N) is 1. The highest BCUT2D eigenvalue weighted by atomic mass is 32.2. The molecule has 8 heteroatoms. The summed E-state index contributed by atoms with van der Waals surface area (Å²) in [5.41, 5.74) is 3.83. The highest BCUT2D eigenvalue weighted by molar-refractivity contribution is 7.98. The highest BCUT2D eigenvalue weighted by Crippen LogP contribution is 2.20. The number of carboxylic acid groups (broad SMARTS) is 1. The summed E-state index contributed by atoms with van der Waals surface area (Å²) in [5, 5.41) is 36.4. The first-order valence-electron chi connectivity index (χ1n) is 4.56.